The average molecular weight is 455 g/mol. The second-order valence-corrected chi connectivity index (χ2v) is 7.37. The smallest absolute Gasteiger partial charge is 0.157 e. The number of hydrogen-bond acceptors (Lipinski definition) is 2. The number of nitrogens with one attached hydrogen (secondary N) is 1. The fourth-order valence-electron chi connectivity index (χ4n) is 2.64. The van der Waals surface area contributed by atoms with Crippen LogP contribution < -0.4 is 0 Å². The summed E-state index contributed by atoms with van der Waals surface area (Å²) in [5, 5.41) is 0. The first-order chi connectivity index (χ1) is 12.2. The van der Waals surface area contributed by atoms with Crippen LogP contribution in [0.1, 0.15) is 0 Å². The number of halogens is 2. The number of pyridine rings is 1. The van der Waals surface area contributed by atoms with E-state index in [1.807, 2.05) is 42.5 Å². The minimum absolute atomic E-state index is 0.761. The number of imidazole rings is 1. The fraction of sp³-hybridized carbons (Fsp3) is 0. The summed E-state index contributed by atoms with van der Waals surface area (Å²) in [6.45, 7) is 0. The summed E-state index contributed by atoms with van der Waals surface area (Å²) in [7, 11) is 0. The van der Waals surface area contributed by atoms with Gasteiger partial charge in [-0.1, -0.05) is 62.2 Å². The molecule has 0 bridgehead atoms. The number of rotatable bonds is 3. The summed E-state index contributed by atoms with van der Waals surface area (Å²) in [4.78, 5) is 12.7. The zero-order valence-corrected chi connectivity index (χ0v) is 16.3. The van der Waals surface area contributed by atoms with Gasteiger partial charge in [-0.05, 0) is 36.4 Å². The predicted octanol–water partition coefficient (Wildman–Crippen LogP) is 6.33. The van der Waals surface area contributed by atoms with Crippen molar-refractivity contribution >= 4 is 31.9 Å². The molecule has 1 N–H and O–H groups in total. The standard InChI is InChI=1S/C20H13Br2N3/c21-15-8-4-13(5-9-15)18-19(14-6-10-16(22)11-7-14)25-20(24-18)17-3-1-2-12-23-17/h1-12H,(H,24,25). The lowest BCUT2D eigenvalue weighted by molar-refractivity contribution is 1.22. The van der Waals surface area contributed by atoms with Crippen molar-refractivity contribution in [3.05, 3.63) is 81.9 Å². The molecule has 4 rings (SSSR count). The summed E-state index contributed by atoms with van der Waals surface area (Å²) in [6, 6.07) is 22.2. The van der Waals surface area contributed by atoms with Crippen molar-refractivity contribution in [2.75, 3.05) is 0 Å². The number of hydrogen-bond donors (Lipinski definition) is 1. The molecule has 0 atom stereocenters. The molecule has 0 unspecified atom stereocenters. The molecule has 2 heterocycles. The molecule has 0 aliphatic heterocycles. The summed E-state index contributed by atoms with van der Waals surface area (Å²) in [5.74, 6) is 0.761. The second-order valence-electron chi connectivity index (χ2n) is 5.54. The number of aromatic nitrogens is 3. The summed E-state index contributed by atoms with van der Waals surface area (Å²) >= 11 is 6.98. The Hall–Kier alpha value is -2.24. The first kappa shape index (κ1) is 16.2. The normalized spacial score (nSPS) is 10.8. The van der Waals surface area contributed by atoms with E-state index >= 15 is 0 Å². The van der Waals surface area contributed by atoms with Crippen LogP contribution in [-0.4, -0.2) is 15.0 Å². The molecule has 0 aliphatic rings. The number of nitrogens with zero attached hydrogens (tertiary/aromatic N) is 2. The van der Waals surface area contributed by atoms with Crippen molar-refractivity contribution in [2.45, 2.75) is 0 Å². The molecule has 25 heavy (non-hydrogen) atoms. The van der Waals surface area contributed by atoms with E-state index in [0.717, 1.165) is 43.0 Å². The Morgan fingerprint density at radius 1 is 0.720 bits per heavy atom. The van der Waals surface area contributed by atoms with Crippen LogP contribution in [0.4, 0.5) is 0 Å². The van der Waals surface area contributed by atoms with Crippen LogP contribution in [0, 0.1) is 0 Å². The average Bonchev–Trinajstić information content (AvgIpc) is 3.09. The zero-order chi connectivity index (χ0) is 17.2. The van der Waals surface area contributed by atoms with E-state index in [1.54, 1.807) is 6.20 Å². The quantitative estimate of drug-likeness (QED) is 0.392. The maximum Gasteiger partial charge on any atom is 0.157 e. The SMILES string of the molecule is Brc1ccc(-c2nc(-c3ccccn3)[nH]c2-c2ccc(Br)cc2)cc1. The number of aromatic amines is 1. The molecule has 4 aromatic rings. The summed E-state index contributed by atoms with van der Waals surface area (Å²) in [5.41, 5.74) is 4.85. The van der Waals surface area contributed by atoms with E-state index < -0.39 is 0 Å². The third-order valence-electron chi connectivity index (χ3n) is 3.86. The molecular weight excluding hydrogens is 442 g/mol. The third-order valence-corrected chi connectivity index (χ3v) is 4.92. The van der Waals surface area contributed by atoms with Crippen LogP contribution in [0.5, 0.6) is 0 Å². The van der Waals surface area contributed by atoms with Crippen LogP contribution in [0.3, 0.4) is 0 Å². The fourth-order valence-corrected chi connectivity index (χ4v) is 3.17. The maximum atomic E-state index is 4.83. The Balaban J connectivity index is 1.89. The van der Waals surface area contributed by atoms with Gasteiger partial charge in [-0.2, -0.15) is 0 Å². The first-order valence-corrected chi connectivity index (χ1v) is 9.32. The molecule has 0 spiro atoms. The molecule has 0 saturated carbocycles. The van der Waals surface area contributed by atoms with Gasteiger partial charge >= 0.3 is 0 Å². The van der Waals surface area contributed by atoms with Gasteiger partial charge in [0, 0.05) is 26.3 Å². The maximum absolute atomic E-state index is 4.83. The van der Waals surface area contributed by atoms with Crippen molar-refractivity contribution in [1.29, 1.82) is 0 Å². The highest BCUT2D eigenvalue weighted by molar-refractivity contribution is 9.10. The first-order valence-electron chi connectivity index (χ1n) is 7.74. The molecule has 3 nitrogen and oxygen atoms in total. The molecule has 2 aromatic heterocycles. The van der Waals surface area contributed by atoms with Gasteiger partial charge in [0.05, 0.1) is 11.4 Å². The third kappa shape index (κ3) is 3.43. The van der Waals surface area contributed by atoms with E-state index in [9.17, 15) is 0 Å². The van der Waals surface area contributed by atoms with Crippen molar-refractivity contribution < 1.29 is 0 Å². The van der Waals surface area contributed by atoms with E-state index in [2.05, 4.69) is 66.1 Å². The molecule has 122 valence electrons. The Labute approximate surface area is 162 Å². The zero-order valence-electron chi connectivity index (χ0n) is 13.1. The Bertz CT molecular complexity index is 929. The van der Waals surface area contributed by atoms with Gasteiger partial charge < -0.3 is 4.98 Å². The number of H-pyrrole nitrogens is 1. The van der Waals surface area contributed by atoms with E-state index in [0.29, 0.717) is 0 Å². The molecule has 0 fully saturated rings. The molecule has 0 aliphatic carbocycles. The van der Waals surface area contributed by atoms with Gasteiger partial charge in [0.2, 0.25) is 0 Å². The Morgan fingerprint density at radius 3 is 1.96 bits per heavy atom. The minimum Gasteiger partial charge on any atom is -0.336 e. The predicted molar refractivity (Wildman–Crippen MR) is 108 cm³/mol. The van der Waals surface area contributed by atoms with E-state index in [4.69, 9.17) is 4.98 Å². The van der Waals surface area contributed by atoms with Gasteiger partial charge in [0.1, 0.15) is 5.69 Å². The monoisotopic (exact) mass is 453 g/mol. The van der Waals surface area contributed by atoms with Crippen LogP contribution in [0.15, 0.2) is 81.9 Å². The van der Waals surface area contributed by atoms with Crippen LogP contribution in [0.25, 0.3) is 34.0 Å². The number of benzene rings is 2. The van der Waals surface area contributed by atoms with Crippen molar-refractivity contribution in [2.24, 2.45) is 0 Å². The molecule has 2 aromatic carbocycles. The minimum atomic E-state index is 0.761. The lowest BCUT2D eigenvalue weighted by Gasteiger charge is -2.04. The van der Waals surface area contributed by atoms with E-state index in [-0.39, 0.29) is 0 Å². The van der Waals surface area contributed by atoms with Crippen LogP contribution in [0.2, 0.25) is 0 Å². The van der Waals surface area contributed by atoms with Gasteiger partial charge in [-0.3, -0.25) is 4.98 Å². The molecule has 5 heteroatoms. The molecule has 0 radical (unpaired) electrons. The highest BCUT2D eigenvalue weighted by Gasteiger charge is 2.15. The largest absolute Gasteiger partial charge is 0.336 e. The van der Waals surface area contributed by atoms with Gasteiger partial charge in [0.25, 0.3) is 0 Å². The van der Waals surface area contributed by atoms with Gasteiger partial charge in [0.15, 0.2) is 5.82 Å². The highest BCUT2D eigenvalue weighted by Crippen LogP contribution is 2.33. The van der Waals surface area contributed by atoms with E-state index in [1.165, 1.54) is 0 Å². The highest BCUT2D eigenvalue weighted by atomic mass is 79.9. The van der Waals surface area contributed by atoms with Gasteiger partial charge in [-0.15, -0.1) is 0 Å². The van der Waals surface area contributed by atoms with Gasteiger partial charge in [-0.25, -0.2) is 4.98 Å². The van der Waals surface area contributed by atoms with Crippen molar-refractivity contribution in [1.82, 2.24) is 15.0 Å². The lowest BCUT2D eigenvalue weighted by atomic mass is 10.1. The van der Waals surface area contributed by atoms with Crippen LogP contribution in [-0.2, 0) is 0 Å². The topological polar surface area (TPSA) is 41.6 Å². The van der Waals surface area contributed by atoms with Crippen molar-refractivity contribution in [3.8, 4) is 34.0 Å². The molecule has 0 amide bonds. The molecular formula is C20H13Br2N3. The second kappa shape index (κ2) is 6.94. The molecule has 0 saturated heterocycles. The Morgan fingerprint density at radius 2 is 1.36 bits per heavy atom. The Kier molecular flexibility index (Phi) is 4.51. The lowest BCUT2D eigenvalue weighted by Crippen LogP contribution is -1.84. The van der Waals surface area contributed by atoms with Crippen molar-refractivity contribution in [3.63, 3.8) is 0 Å². The summed E-state index contributed by atoms with van der Waals surface area (Å²) in [6.07, 6.45) is 1.77. The summed E-state index contributed by atoms with van der Waals surface area (Å²) < 4.78 is 2.09. The van der Waals surface area contributed by atoms with Crippen LogP contribution >= 0.6 is 31.9 Å².